The molecule has 0 spiro atoms. The Hall–Kier alpha value is -2.08. The normalized spacial score (nSPS) is 12.6. The number of rotatable bonds is 8. The van der Waals surface area contributed by atoms with Gasteiger partial charge >= 0.3 is 0 Å². The highest BCUT2D eigenvalue weighted by molar-refractivity contribution is 5.94. The highest BCUT2D eigenvalue weighted by atomic mass is 16.1. The molecule has 0 aromatic heterocycles. The number of hydrogen-bond donors (Lipinski definition) is 3. The SMILES string of the molecule is CN=C(NCCN(C(C)C)C(C)C)NCc1cccc(C(=O)NC(C)(C)C)c1. The van der Waals surface area contributed by atoms with Crippen LogP contribution in [0.25, 0.3) is 0 Å². The maximum atomic E-state index is 12.3. The lowest BCUT2D eigenvalue weighted by Gasteiger charge is -2.30. The van der Waals surface area contributed by atoms with Crippen molar-refractivity contribution in [3.8, 4) is 0 Å². The van der Waals surface area contributed by atoms with E-state index in [2.05, 4.69) is 53.5 Å². The quantitative estimate of drug-likeness (QED) is 0.472. The van der Waals surface area contributed by atoms with E-state index in [-0.39, 0.29) is 11.4 Å². The molecule has 0 atom stereocenters. The Morgan fingerprint density at radius 2 is 1.75 bits per heavy atom. The first-order valence-electron chi connectivity index (χ1n) is 10.1. The predicted octanol–water partition coefficient (Wildman–Crippen LogP) is 3.00. The molecule has 0 fully saturated rings. The number of hydrogen-bond acceptors (Lipinski definition) is 3. The summed E-state index contributed by atoms with van der Waals surface area (Å²) in [7, 11) is 1.77. The van der Waals surface area contributed by atoms with E-state index in [1.807, 2.05) is 45.0 Å². The van der Waals surface area contributed by atoms with Gasteiger partial charge in [-0.1, -0.05) is 12.1 Å². The van der Waals surface area contributed by atoms with Crippen LogP contribution in [0.5, 0.6) is 0 Å². The number of aliphatic imine (C=N–C) groups is 1. The molecule has 0 radical (unpaired) electrons. The Morgan fingerprint density at radius 3 is 2.29 bits per heavy atom. The van der Waals surface area contributed by atoms with E-state index >= 15 is 0 Å². The van der Waals surface area contributed by atoms with Gasteiger partial charge in [-0.3, -0.25) is 14.7 Å². The molecule has 28 heavy (non-hydrogen) atoms. The summed E-state index contributed by atoms with van der Waals surface area (Å²) in [4.78, 5) is 19.1. The number of amides is 1. The van der Waals surface area contributed by atoms with Crippen LogP contribution in [0.4, 0.5) is 0 Å². The first-order valence-corrected chi connectivity index (χ1v) is 10.1. The van der Waals surface area contributed by atoms with Gasteiger partial charge in [0.1, 0.15) is 0 Å². The van der Waals surface area contributed by atoms with E-state index in [9.17, 15) is 4.79 Å². The minimum absolute atomic E-state index is 0.0562. The monoisotopic (exact) mass is 389 g/mol. The number of nitrogens with one attached hydrogen (secondary N) is 3. The largest absolute Gasteiger partial charge is 0.355 e. The van der Waals surface area contributed by atoms with Crippen LogP contribution in [-0.2, 0) is 6.54 Å². The molecule has 1 aromatic rings. The molecule has 0 aliphatic rings. The van der Waals surface area contributed by atoms with Gasteiger partial charge < -0.3 is 16.0 Å². The molecule has 6 nitrogen and oxygen atoms in total. The maximum absolute atomic E-state index is 12.3. The van der Waals surface area contributed by atoms with Crippen LogP contribution in [0.2, 0.25) is 0 Å². The van der Waals surface area contributed by atoms with Crippen molar-refractivity contribution in [1.29, 1.82) is 0 Å². The molecule has 3 N–H and O–H groups in total. The first-order chi connectivity index (χ1) is 13.0. The van der Waals surface area contributed by atoms with Crippen LogP contribution in [0.1, 0.15) is 64.4 Å². The average Bonchev–Trinajstić information content (AvgIpc) is 2.59. The van der Waals surface area contributed by atoms with Gasteiger partial charge in [-0.05, 0) is 66.2 Å². The van der Waals surface area contributed by atoms with Crippen molar-refractivity contribution < 1.29 is 4.79 Å². The highest BCUT2D eigenvalue weighted by Gasteiger charge is 2.15. The van der Waals surface area contributed by atoms with Crippen LogP contribution in [0, 0.1) is 0 Å². The Labute approximate surface area is 171 Å². The van der Waals surface area contributed by atoms with Crippen LogP contribution < -0.4 is 16.0 Å². The molecule has 1 rings (SSSR count). The fraction of sp³-hybridized carbons (Fsp3) is 0.636. The first kappa shape index (κ1) is 24.0. The van der Waals surface area contributed by atoms with Crippen molar-refractivity contribution in [3.63, 3.8) is 0 Å². The lowest BCUT2D eigenvalue weighted by molar-refractivity contribution is 0.0919. The molecule has 0 saturated carbocycles. The summed E-state index contributed by atoms with van der Waals surface area (Å²) in [6.45, 7) is 17.2. The number of guanidine groups is 1. The summed E-state index contributed by atoms with van der Waals surface area (Å²) in [5.74, 6) is 0.705. The summed E-state index contributed by atoms with van der Waals surface area (Å²) >= 11 is 0. The molecule has 0 heterocycles. The lowest BCUT2D eigenvalue weighted by atomic mass is 10.1. The molecule has 0 unspecified atom stereocenters. The van der Waals surface area contributed by atoms with Gasteiger partial charge in [0.05, 0.1) is 0 Å². The van der Waals surface area contributed by atoms with E-state index in [1.54, 1.807) is 7.05 Å². The Bertz CT molecular complexity index is 639. The van der Waals surface area contributed by atoms with E-state index in [4.69, 9.17) is 0 Å². The van der Waals surface area contributed by atoms with Crippen molar-refractivity contribution >= 4 is 11.9 Å². The molecule has 0 saturated heterocycles. The summed E-state index contributed by atoms with van der Waals surface area (Å²) < 4.78 is 0. The zero-order chi connectivity index (χ0) is 21.3. The van der Waals surface area contributed by atoms with Crippen molar-refractivity contribution in [2.75, 3.05) is 20.1 Å². The van der Waals surface area contributed by atoms with Gasteiger partial charge in [0.25, 0.3) is 5.91 Å². The van der Waals surface area contributed by atoms with Gasteiger partial charge in [0.15, 0.2) is 5.96 Å². The summed E-state index contributed by atoms with van der Waals surface area (Å²) in [6, 6.07) is 8.70. The molecule has 158 valence electrons. The molecule has 0 bridgehead atoms. The van der Waals surface area contributed by atoms with Crippen LogP contribution in [0.3, 0.4) is 0 Å². The molecule has 0 aliphatic heterocycles. The van der Waals surface area contributed by atoms with E-state index in [0.717, 1.165) is 24.6 Å². The molecule has 6 heteroatoms. The number of carbonyl (C=O) groups is 1. The van der Waals surface area contributed by atoms with Gasteiger partial charge in [0, 0.05) is 49.9 Å². The number of nitrogens with zero attached hydrogens (tertiary/aromatic N) is 2. The zero-order valence-electron chi connectivity index (χ0n) is 18.9. The number of carbonyl (C=O) groups excluding carboxylic acids is 1. The second kappa shape index (κ2) is 11.1. The third-order valence-corrected chi connectivity index (χ3v) is 4.35. The minimum Gasteiger partial charge on any atom is -0.355 e. The van der Waals surface area contributed by atoms with Gasteiger partial charge in [-0.15, -0.1) is 0 Å². The summed E-state index contributed by atoms with van der Waals surface area (Å²) in [5, 5.41) is 9.68. The summed E-state index contributed by atoms with van der Waals surface area (Å²) in [6.07, 6.45) is 0. The third kappa shape index (κ3) is 8.74. The molecule has 1 amide bonds. The molecular weight excluding hydrogens is 350 g/mol. The van der Waals surface area contributed by atoms with Gasteiger partial charge in [0.2, 0.25) is 0 Å². The molecule has 1 aromatic carbocycles. The second-order valence-electron chi connectivity index (χ2n) is 8.68. The van der Waals surface area contributed by atoms with Crippen molar-refractivity contribution in [1.82, 2.24) is 20.9 Å². The Kier molecular flexibility index (Phi) is 9.46. The molecular formula is C22H39N5O. The average molecular weight is 390 g/mol. The van der Waals surface area contributed by atoms with Crippen molar-refractivity contribution in [3.05, 3.63) is 35.4 Å². The van der Waals surface area contributed by atoms with Crippen LogP contribution in [0.15, 0.2) is 29.3 Å². The number of benzene rings is 1. The highest BCUT2D eigenvalue weighted by Crippen LogP contribution is 2.08. The molecule has 0 aliphatic carbocycles. The van der Waals surface area contributed by atoms with Gasteiger partial charge in [-0.2, -0.15) is 0 Å². The van der Waals surface area contributed by atoms with E-state index in [0.29, 0.717) is 24.2 Å². The Balaban J connectivity index is 2.58. The Morgan fingerprint density at radius 1 is 1.11 bits per heavy atom. The smallest absolute Gasteiger partial charge is 0.251 e. The standard InChI is InChI=1S/C22H39N5O/c1-16(2)27(17(3)4)13-12-24-21(23-8)25-15-18-10-9-11-19(14-18)20(28)26-22(5,6)7/h9-11,14,16-17H,12-13,15H2,1-8H3,(H,26,28)(H2,23,24,25). The fourth-order valence-electron chi connectivity index (χ4n) is 3.06. The van der Waals surface area contributed by atoms with Crippen LogP contribution in [-0.4, -0.2) is 54.5 Å². The zero-order valence-corrected chi connectivity index (χ0v) is 18.9. The second-order valence-corrected chi connectivity index (χ2v) is 8.68. The minimum atomic E-state index is -0.253. The third-order valence-electron chi connectivity index (χ3n) is 4.35. The van der Waals surface area contributed by atoms with E-state index < -0.39 is 0 Å². The summed E-state index contributed by atoms with van der Waals surface area (Å²) in [5.41, 5.74) is 1.45. The van der Waals surface area contributed by atoms with Crippen molar-refractivity contribution in [2.24, 2.45) is 4.99 Å². The maximum Gasteiger partial charge on any atom is 0.251 e. The van der Waals surface area contributed by atoms with Gasteiger partial charge in [-0.25, -0.2) is 0 Å². The van der Waals surface area contributed by atoms with E-state index in [1.165, 1.54) is 0 Å². The lowest BCUT2D eigenvalue weighted by Crippen LogP contribution is -2.45. The predicted molar refractivity (Wildman–Crippen MR) is 119 cm³/mol. The topological polar surface area (TPSA) is 68.8 Å². The van der Waals surface area contributed by atoms with Crippen molar-refractivity contribution in [2.45, 2.75) is 72.6 Å². The van der Waals surface area contributed by atoms with Crippen LogP contribution >= 0.6 is 0 Å². The fourth-order valence-corrected chi connectivity index (χ4v) is 3.06.